The summed E-state index contributed by atoms with van der Waals surface area (Å²) in [6.45, 7) is 11.0. The van der Waals surface area contributed by atoms with E-state index in [2.05, 4.69) is 37.7 Å². The van der Waals surface area contributed by atoms with Crippen LogP contribution in [0.2, 0.25) is 0 Å². The molecule has 9 nitrogen and oxygen atoms in total. The van der Waals surface area contributed by atoms with Gasteiger partial charge in [-0.15, -0.1) is 0 Å². The van der Waals surface area contributed by atoms with Crippen LogP contribution in [-0.2, 0) is 14.9 Å². The Hall–Kier alpha value is -0.940. The highest BCUT2D eigenvalue weighted by Crippen LogP contribution is 2.69. The van der Waals surface area contributed by atoms with Gasteiger partial charge in [-0.3, -0.25) is 0 Å². The van der Waals surface area contributed by atoms with Crippen molar-refractivity contribution in [3.8, 4) is 0 Å². The second-order valence-electron chi connectivity index (χ2n) is 14.3. The van der Waals surface area contributed by atoms with Crippen LogP contribution in [0.4, 0.5) is 4.79 Å². The first kappa shape index (κ1) is 30.5. The Kier molecular flexibility index (Phi) is 8.87. The van der Waals surface area contributed by atoms with Gasteiger partial charge in [0.05, 0.1) is 25.4 Å². The zero-order valence-corrected chi connectivity index (χ0v) is 25.8. The Morgan fingerprint density at radius 2 is 1.70 bits per heavy atom. The topological polar surface area (TPSA) is 128 Å². The summed E-state index contributed by atoms with van der Waals surface area (Å²) in [5.74, 6) is 2.92. The van der Waals surface area contributed by atoms with Crippen LogP contribution in [-0.4, -0.2) is 74.0 Å². The molecule has 1 aliphatic heterocycles. The molecule has 1 heterocycles. The lowest BCUT2D eigenvalue weighted by Gasteiger charge is -2.64. The average Bonchev–Trinajstić information content (AvgIpc) is 3.27. The minimum atomic E-state index is -3.86. The molecule has 4 saturated carbocycles. The summed E-state index contributed by atoms with van der Waals surface area (Å²) >= 11 is 0. The molecule has 40 heavy (non-hydrogen) atoms. The molecule has 5 rings (SSSR count). The molecule has 4 N–H and O–H groups in total. The van der Waals surface area contributed by atoms with E-state index in [-0.39, 0.29) is 42.0 Å². The third-order valence-corrected chi connectivity index (χ3v) is 14.1. The quantitative estimate of drug-likeness (QED) is 0.363. The van der Waals surface area contributed by atoms with Gasteiger partial charge in [-0.1, -0.05) is 34.1 Å². The van der Waals surface area contributed by atoms with Crippen LogP contribution in [0.5, 0.6) is 0 Å². The van der Waals surface area contributed by atoms with Gasteiger partial charge in [0.2, 0.25) is 0 Å². The second-order valence-corrected chi connectivity index (χ2v) is 15.9. The molecule has 230 valence electrons. The van der Waals surface area contributed by atoms with E-state index < -0.39 is 16.2 Å². The highest BCUT2D eigenvalue weighted by molar-refractivity contribution is 7.87. The molecule has 11 atom stereocenters. The Bertz CT molecular complexity index is 1020. The molecule has 10 heteroatoms. The lowest BCUT2D eigenvalue weighted by molar-refractivity contribution is -0.203. The van der Waals surface area contributed by atoms with E-state index in [0.29, 0.717) is 55.3 Å². The third kappa shape index (κ3) is 5.33. The highest BCUT2D eigenvalue weighted by Gasteiger charge is 2.64. The summed E-state index contributed by atoms with van der Waals surface area (Å²) in [4.78, 5) is 12.4. The summed E-state index contributed by atoms with van der Waals surface area (Å²) in [5, 5.41) is 25.2. The van der Waals surface area contributed by atoms with E-state index in [1.807, 2.05) is 0 Å². The molecular formula is C30H53N3O6S. The van der Waals surface area contributed by atoms with Gasteiger partial charge >= 0.3 is 16.2 Å². The number of fused-ring (bicyclic) bond motifs is 5. The monoisotopic (exact) mass is 583 g/mol. The van der Waals surface area contributed by atoms with Gasteiger partial charge in [0.1, 0.15) is 0 Å². The van der Waals surface area contributed by atoms with Crippen LogP contribution in [0.3, 0.4) is 0 Å². The molecular weight excluding hydrogens is 530 g/mol. The standard InChI is InChI=1S/C30H53N3O6S/c1-5-21-25-18-20(34)8-11-30(25,4)24-9-12-29(3)22(6-7-23(29)26(24)27(21)35)19(2)10-13-31-28(36)32-40(37,38)33-14-16-39-17-15-33/h19-27,34-35H,5-18H2,1-4H3,(H2,31,32,36)/t19-,20-,21-,22-,23+,24+,25+,26+,27-,29-,30-/m1/s1. The van der Waals surface area contributed by atoms with E-state index in [9.17, 15) is 23.4 Å². The number of carbonyl (C=O) groups is 1. The number of urea groups is 1. The molecule has 1 saturated heterocycles. The number of morpholine rings is 1. The molecule has 5 aliphatic rings. The van der Waals surface area contributed by atoms with E-state index >= 15 is 0 Å². The van der Waals surface area contributed by atoms with Crippen molar-refractivity contribution >= 4 is 16.2 Å². The highest BCUT2D eigenvalue weighted by atomic mass is 32.2. The predicted octanol–water partition coefficient (Wildman–Crippen LogP) is 3.52. The van der Waals surface area contributed by atoms with Crippen LogP contribution in [0.15, 0.2) is 0 Å². The Morgan fingerprint density at radius 1 is 1.02 bits per heavy atom. The van der Waals surface area contributed by atoms with Crippen molar-refractivity contribution in [1.82, 2.24) is 14.3 Å². The molecule has 0 bridgehead atoms. The lowest BCUT2D eigenvalue weighted by Crippen LogP contribution is -2.62. The van der Waals surface area contributed by atoms with E-state index in [0.717, 1.165) is 51.4 Å². The van der Waals surface area contributed by atoms with Gasteiger partial charge in [-0.25, -0.2) is 9.52 Å². The largest absolute Gasteiger partial charge is 0.393 e. The molecule has 2 amide bonds. The summed E-state index contributed by atoms with van der Waals surface area (Å²) < 4.78 is 33.6. The number of nitrogens with one attached hydrogen (secondary N) is 2. The Morgan fingerprint density at radius 3 is 2.40 bits per heavy atom. The number of carbonyl (C=O) groups excluding carboxylic acids is 1. The van der Waals surface area contributed by atoms with Gasteiger partial charge in [0, 0.05) is 19.6 Å². The van der Waals surface area contributed by atoms with Crippen LogP contribution in [0.1, 0.15) is 85.5 Å². The molecule has 0 aromatic rings. The molecule has 0 aromatic heterocycles. The number of nitrogens with zero attached hydrogens (tertiary/aromatic N) is 1. The van der Waals surface area contributed by atoms with Crippen molar-refractivity contribution in [2.75, 3.05) is 32.8 Å². The number of ether oxygens (including phenoxy) is 1. The third-order valence-electron chi connectivity index (χ3n) is 12.6. The van der Waals surface area contributed by atoms with Gasteiger partial charge in [0.15, 0.2) is 0 Å². The predicted molar refractivity (Wildman–Crippen MR) is 153 cm³/mol. The van der Waals surface area contributed by atoms with Crippen molar-refractivity contribution in [2.45, 2.75) is 97.7 Å². The van der Waals surface area contributed by atoms with E-state index in [1.54, 1.807) is 0 Å². The van der Waals surface area contributed by atoms with Crippen molar-refractivity contribution < 1.29 is 28.2 Å². The van der Waals surface area contributed by atoms with Crippen molar-refractivity contribution in [2.24, 2.45) is 52.3 Å². The molecule has 0 spiro atoms. The molecule has 5 fully saturated rings. The summed E-state index contributed by atoms with van der Waals surface area (Å²) in [6, 6.07) is -0.675. The Balaban J connectivity index is 1.21. The zero-order chi connectivity index (χ0) is 28.9. The molecule has 0 aromatic carbocycles. The van der Waals surface area contributed by atoms with Gasteiger partial charge in [-0.05, 0) is 104 Å². The van der Waals surface area contributed by atoms with Gasteiger partial charge in [0.25, 0.3) is 0 Å². The first-order chi connectivity index (χ1) is 18.9. The van der Waals surface area contributed by atoms with Crippen LogP contribution < -0.4 is 10.0 Å². The van der Waals surface area contributed by atoms with E-state index in [4.69, 9.17) is 4.74 Å². The fourth-order valence-electron chi connectivity index (χ4n) is 10.6. The molecule has 0 radical (unpaired) electrons. The van der Waals surface area contributed by atoms with Crippen LogP contribution in [0, 0.1) is 52.3 Å². The number of hydrogen-bond donors (Lipinski definition) is 4. The average molecular weight is 584 g/mol. The molecule has 0 unspecified atom stereocenters. The van der Waals surface area contributed by atoms with Crippen LogP contribution >= 0.6 is 0 Å². The number of amides is 2. The Labute approximate surface area is 241 Å². The minimum absolute atomic E-state index is 0.166. The van der Waals surface area contributed by atoms with Gasteiger partial charge in [-0.2, -0.15) is 12.7 Å². The van der Waals surface area contributed by atoms with Crippen molar-refractivity contribution in [3.63, 3.8) is 0 Å². The minimum Gasteiger partial charge on any atom is -0.393 e. The van der Waals surface area contributed by atoms with Crippen molar-refractivity contribution in [3.05, 3.63) is 0 Å². The van der Waals surface area contributed by atoms with E-state index in [1.165, 1.54) is 10.7 Å². The summed E-state index contributed by atoms with van der Waals surface area (Å²) in [6.07, 6.45) is 8.66. The second kappa shape index (κ2) is 11.6. The zero-order valence-electron chi connectivity index (χ0n) is 25.0. The fourth-order valence-corrected chi connectivity index (χ4v) is 11.6. The maximum Gasteiger partial charge on any atom is 0.329 e. The SMILES string of the molecule is CC[C@H]1[C@@H](O)[C@@H]2[C@H](CC[C@]3(C)[C@@H]([C@H](C)CCNC(=O)NS(=O)(=O)N4CCOCC4)CC[C@@H]23)[C@@]2(C)CC[C@@H](O)C[C@@H]12. The summed E-state index contributed by atoms with van der Waals surface area (Å²) in [7, 11) is -3.86. The normalized spacial score (nSPS) is 44.6. The van der Waals surface area contributed by atoms with Crippen molar-refractivity contribution in [1.29, 1.82) is 0 Å². The first-order valence-corrected chi connectivity index (χ1v) is 17.4. The van der Waals surface area contributed by atoms with Crippen LogP contribution in [0.25, 0.3) is 0 Å². The maximum absolute atomic E-state index is 12.5. The lowest BCUT2D eigenvalue weighted by atomic mass is 9.41. The van der Waals surface area contributed by atoms with Gasteiger partial charge < -0.3 is 20.3 Å². The fraction of sp³-hybridized carbons (Fsp3) is 0.967. The number of aliphatic hydroxyl groups excluding tert-OH is 2. The smallest absolute Gasteiger partial charge is 0.329 e. The maximum atomic E-state index is 12.5. The number of rotatable bonds is 7. The molecule has 4 aliphatic carbocycles. The first-order valence-electron chi connectivity index (χ1n) is 15.9. The summed E-state index contributed by atoms with van der Waals surface area (Å²) in [5.41, 5.74) is 0.368. The number of aliphatic hydroxyl groups is 2. The number of hydrogen-bond acceptors (Lipinski definition) is 6.